The third-order valence-corrected chi connectivity index (χ3v) is 9.09. The van der Waals surface area contributed by atoms with E-state index in [1.807, 2.05) is 19.2 Å². The zero-order valence-electron chi connectivity index (χ0n) is 15.6. The van der Waals surface area contributed by atoms with Crippen molar-refractivity contribution in [3.8, 4) is 10.6 Å². The van der Waals surface area contributed by atoms with Gasteiger partial charge in [0.2, 0.25) is 10.0 Å². The largest absolute Gasteiger partial charge is 0.302 e. The van der Waals surface area contributed by atoms with Gasteiger partial charge in [-0.1, -0.05) is 19.3 Å². The Morgan fingerprint density at radius 1 is 1.27 bits per heavy atom. The molecule has 1 N–H and O–H groups in total. The highest BCUT2D eigenvalue weighted by Gasteiger charge is 2.21. The minimum Gasteiger partial charge on any atom is -0.302 e. The summed E-state index contributed by atoms with van der Waals surface area (Å²) in [4.78, 5) is 7.98. The number of aryl methyl sites for hydroxylation is 2. The smallest absolute Gasteiger partial charge is 0.250 e. The number of likely N-dealkylation sites (N-methyl/N-ethyl adjacent to an activating group) is 1. The fourth-order valence-electron chi connectivity index (χ4n) is 3.30. The molecule has 5 nitrogen and oxygen atoms in total. The first-order chi connectivity index (χ1) is 12.4. The van der Waals surface area contributed by atoms with Gasteiger partial charge < -0.3 is 4.90 Å². The molecule has 0 radical (unpaired) electrons. The third-order valence-electron chi connectivity index (χ3n) is 5.07. The van der Waals surface area contributed by atoms with Crippen LogP contribution in [0.1, 0.15) is 42.7 Å². The Bertz CT molecular complexity index is 816. The van der Waals surface area contributed by atoms with Gasteiger partial charge in [-0.15, -0.1) is 22.7 Å². The van der Waals surface area contributed by atoms with Gasteiger partial charge in [0, 0.05) is 35.0 Å². The average molecular weight is 414 g/mol. The Hall–Kier alpha value is -0.800. The second-order valence-corrected chi connectivity index (χ2v) is 11.1. The summed E-state index contributed by atoms with van der Waals surface area (Å²) in [6.07, 6.45) is 6.35. The van der Waals surface area contributed by atoms with Crippen LogP contribution in [0.5, 0.6) is 0 Å². The maximum Gasteiger partial charge on any atom is 0.250 e. The van der Waals surface area contributed by atoms with E-state index in [0.29, 0.717) is 16.8 Å². The molecule has 0 saturated heterocycles. The molecular weight excluding hydrogens is 386 g/mol. The molecule has 0 atom stereocenters. The van der Waals surface area contributed by atoms with Crippen LogP contribution in [0.2, 0.25) is 0 Å². The molecule has 144 valence electrons. The maximum atomic E-state index is 12.6. The molecule has 0 unspecified atom stereocenters. The average Bonchev–Trinajstić information content (AvgIpc) is 3.23. The van der Waals surface area contributed by atoms with Gasteiger partial charge in [-0.2, -0.15) is 0 Å². The van der Waals surface area contributed by atoms with E-state index in [2.05, 4.69) is 21.7 Å². The van der Waals surface area contributed by atoms with E-state index in [-0.39, 0.29) is 0 Å². The van der Waals surface area contributed by atoms with E-state index in [0.717, 1.165) is 22.8 Å². The van der Waals surface area contributed by atoms with Crippen LogP contribution in [0.25, 0.3) is 10.6 Å². The summed E-state index contributed by atoms with van der Waals surface area (Å²) in [5.74, 6) is 0. The summed E-state index contributed by atoms with van der Waals surface area (Å²) >= 11 is 2.86. The first-order valence-electron chi connectivity index (χ1n) is 9.09. The zero-order chi connectivity index (χ0) is 18.7. The molecule has 0 spiro atoms. The van der Waals surface area contributed by atoms with Gasteiger partial charge in [0.05, 0.1) is 5.69 Å². The molecule has 3 rings (SSSR count). The fraction of sp³-hybridized carbons (Fsp3) is 0.611. The lowest BCUT2D eigenvalue weighted by Gasteiger charge is -2.31. The highest BCUT2D eigenvalue weighted by atomic mass is 32.2. The number of hydrogen-bond acceptors (Lipinski definition) is 6. The quantitative estimate of drug-likeness (QED) is 0.744. The van der Waals surface area contributed by atoms with Crippen molar-refractivity contribution in [1.29, 1.82) is 0 Å². The van der Waals surface area contributed by atoms with E-state index in [9.17, 15) is 8.42 Å². The summed E-state index contributed by atoms with van der Waals surface area (Å²) in [6.45, 7) is 5.19. The lowest BCUT2D eigenvalue weighted by atomic mass is 9.94. The Morgan fingerprint density at radius 2 is 2.00 bits per heavy atom. The lowest BCUT2D eigenvalue weighted by Crippen LogP contribution is -2.39. The van der Waals surface area contributed by atoms with Gasteiger partial charge in [0.15, 0.2) is 0 Å². The van der Waals surface area contributed by atoms with Crippen molar-refractivity contribution in [2.45, 2.75) is 56.2 Å². The Balaban J connectivity index is 1.58. The van der Waals surface area contributed by atoms with Crippen LogP contribution in [-0.2, 0) is 10.0 Å². The van der Waals surface area contributed by atoms with Gasteiger partial charge in [0.25, 0.3) is 0 Å². The van der Waals surface area contributed by atoms with Crippen LogP contribution in [0.3, 0.4) is 0 Å². The minimum atomic E-state index is -3.46. The van der Waals surface area contributed by atoms with Crippen molar-refractivity contribution in [2.75, 3.05) is 20.1 Å². The molecule has 1 aliphatic carbocycles. The van der Waals surface area contributed by atoms with Crippen molar-refractivity contribution in [3.63, 3.8) is 0 Å². The monoisotopic (exact) mass is 413 g/mol. The predicted molar refractivity (Wildman–Crippen MR) is 110 cm³/mol. The number of hydrogen-bond donors (Lipinski definition) is 1. The van der Waals surface area contributed by atoms with Gasteiger partial charge in [-0.05, 0) is 39.8 Å². The number of nitrogens with zero attached hydrogens (tertiary/aromatic N) is 2. The van der Waals surface area contributed by atoms with Gasteiger partial charge in [0.1, 0.15) is 9.22 Å². The molecule has 0 amide bonds. The van der Waals surface area contributed by atoms with Crippen LogP contribution in [-0.4, -0.2) is 44.5 Å². The van der Waals surface area contributed by atoms with Crippen LogP contribution in [0.4, 0.5) is 0 Å². The first kappa shape index (κ1) is 19.9. The van der Waals surface area contributed by atoms with Crippen LogP contribution in [0.15, 0.2) is 15.7 Å². The summed E-state index contributed by atoms with van der Waals surface area (Å²) in [7, 11) is -1.36. The standard InChI is InChI=1S/C18H27N3O2S3/c1-13-14(2)25-18(20-13)15-11-17(24-12-15)26(22,23)19-9-10-21(3)16-7-5-4-6-8-16/h11-12,16,19H,4-10H2,1-3H3. The van der Waals surface area contributed by atoms with E-state index >= 15 is 0 Å². The molecule has 1 saturated carbocycles. The number of sulfonamides is 1. The minimum absolute atomic E-state index is 0.360. The number of thiazole rings is 1. The number of rotatable bonds is 7. The maximum absolute atomic E-state index is 12.6. The predicted octanol–water partition coefficient (Wildman–Crippen LogP) is 4.03. The Kier molecular flexibility index (Phi) is 6.50. The summed E-state index contributed by atoms with van der Waals surface area (Å²) in [6, 6.07) is 2.33. The van der Waals surface area contributed by atoms with Gasteiger partial charge in [-0.3, -0.25) is 0 Å². The molecule has 0 bridgehead atoms. The molecule has 2 heterocycles. The normalized spacial score (nSPS) is 16.5. The first-order valence-corrected chi connectivity index (χ1v) is 12.3. The second kappa shape index (κ2) is 8.48. The molecule has 0 aromatic carbocycles. The molecule has 1 aliphatic rings. The highest BCUT2D eigenvalue weighted by molar-refractivity contribution is 7.91. The molecule has 0 aliphatic heterocycles. The van der Waals surface area contributed by atoms with E-state index in [4.69, 9.17) is 0 Å². The summed E-state index contributed by atoms with van der Waals surface area (Å²) in [5.41, 5.74) is 1.89. The van der Waals surface area contributed by atoms with E-state index in [1.54, 1.807) is 17.4 Å². The molecule has 2 aromatic heterocycles. The van der Waals surface area contributed by atoms with Crippen LogP contribution in [0, 0.1) is 13.8 Å². The number of thiophene rings is 1. The second-order valence-electron chi connectivity index (χ2n) is 6.99. The lowest BCUT2D eigenvalue weighted by molar-refractivity contribution is 0.195. The van der Waals surface area contributed by atoms with Crippen molar-refractivity contribution in [1.82, 2.24) is 14.6 Å². The molecule has 2 aromatic rings. The Labute approximate surface area is 164 Å². The number of aromatic nitrogens is 1. The van der Waals surface area contributed by atoms with Crippen LogP contribution >= 0.6 is 22.7 Å². The molecule has 8 heteroatoms. The van der Waals surface area contributed by atoms with E-state index < -0.39 is 10.0 Å². The van der Waals surface area contributed by atoms with Crippen molar-refractivity contribution in [2.24, 2.45) is 0 Å². The highest BCUT2D eigenvalue weighted by Crippen LogP contribution is 2.32. The van der Waals surface area contributed by atoms with Crippen molar-refractivity contribution < 1.29 is 8.42 Å². The van der Waals surface area contributed by atoms with Crippen LogP contribution < -0.4 is 4.72 Å². The van der Waals surface area contributed by atoms with Gasteiger partial charge in [-0.25, -0.2) is 18.1 Å². The number of nitrogens with one attached hydrogen (secondary N) is 1. The van der Waals surface area contributed by atoms with Gasteiger partial charge >= 0.3 is 0 Å². The topological polar surface area (TPSA) is 62.3 Å². The molecular formula is C18H27N3O2S3. The SMILES string of the molecule is Cc1nc(-c2csc(S(=O)(=O)NCCN(C)C3CCCCC3)c2)sc1C. The van der Waals surface area contributed by atoms with E-state index in [1.165, 1.54) is 48.3 Å². The fourth-order valence-corrected chi connectivity index (χ4v) is 6.50. The molecule has 26 heavy (non-hydrogen) atoms. The zero-order valence-corrected chi connectivity index (χ0v) is 18.1. The summed E-state index contributed by atoms with van der Waals surface area (Å²) in [5, 5.41) is 2.76. The molecule has 1 fully saturated rings. The van der Waals surface area contributed by atoms with Crippen molar-refractivity contribution in [3.05, 3.63) is 22.0 Å². The Morgan fingerprint density at radius 3 is 2.65 bits per heavy atom. The van der Waals surface area contributed by atoms with Crippen molar-refractivity contribution >= 4 is 32.7 Å². The summed E-state index contributed by atoms with van der Waals surface area (Å²) < 4.78 is 28.3. The third kappa shape index (κ3) is 4.72.